The van der Waals surface area contributed by atoms with Gasteiger partial charge in [-0.1, -0.05) is 12.8 Å². The lowest BCUT2D eigenvalue weighted by atomic mass is 9.93. The molecule has 10 heteroatoms. The molecular weight excluding hydrogens is 426 g/mol. The fraction of sp³-hybridized carbons (Fsp3) is 0.571. The molecule has 0 amide bonds. The smallest absolute Gasteiger partial charge is 0.370 e. The van der Waals surface area contributed by atoms with E-state index in [1.165, 1.54) is 4.09 Å². The first kappa shape index (κ1) is 21.0. The molecule has 7 nitrogen and oxygen atoms in total. The van der Waals surface area contributed by atoms with Gasteiger partial charge in [-0.2, -0.15) is 13.5 Å². The van der Waals surface area contributed by atoms with Crippen molar-refractivity contribution in [2.75, 3.05) is 6.61 Å². The van der Waals surface area contributed by atoms with Crippen molar-refractivity contribution < 1.29 is 26.0 Å². The number of hydrogen-bond donors (Lipinski definition) is 2. The highest BCUT2D eigenvalue weighted by atomic mass is 32.2. The van der Waals surface area contributed by atoms with Crippen LogP contribution < -0.4 is 9.82 Å². The van der Waals surface area contributed by atoms with Gasteiger partial charge < -0.3 is 10.5 Å². The zero-order valence-electron chi connectivity index (χ0n) is 17.1. The Morgan fingerprint density at radius 3 is 2.71 bits per heavy atom. The number of nitrogens with two attached hydrogens (primary N) is 1. The van der Waals surface area contributed by atoms with E-state index < -0.39 is 33.8 Å². The number of nitrogens with zero attached hydrogens (tertiary/aromatic N) is 2. The SMILES string of the molecule is N[C@H]1C[C@@H](N2Cc3c[nH][n+](S(=O)(=O)C4CCCC4)c3C2)COC1c1cc(F)ccc1F. The summed E-state index contributed by atoms with van der Waals surface area (Å²) in [5.74, 6) is -1.06. The van der Waals surface area contributed by atoms with Crippen molar-refractivity contribution in [3.05, 3.63) is 52.9 Å². The lowest BCUT2D eigenvalue weighted by Crippen LogP contribution is -2.53. The Labute approximate surface area is 180 Å². The highest BCUT2D eigenvalue weighted by Gasteiger charge is 2.45. The molecule has 0 bridgehead atoms. The molecule has 3 N–H and O–H groups in total. The van der Waals surface area contributed by atoms with Crippen LogP contribution in [0.15, 0.2) is 24.4 Å². The van der Waals surface area contributed by atoms with Crippen LogP contribution in [0.2, 0.25) is 0 Å². The molecule has 3 heterocycles. The third-order valence-electron chi connectivity index (χ3n) is 6.86. The topological polar surface area (TPSA) is 92.3 Å². The largest absolute Gasteiger partial charge is 0.393 e. The first-order chi connectivity index (χ1) is 14.8. The van der Waals surface area contributed by atoms with Crippen LogP contribution in [0.5, 0.6) is 0 Å². The Morgan fingerprint density at radius 1 is 1.19 bits per heavy atom. The maximum absolute atomic E-state index is 14.2. The number of H-pyrrole nitrogens is 1. The summed E-state index contributed by atoms with van der Waals surface area (Å²) in [7, 11) is -3.44. The fourth-order valence-electron chi connectivity index (χ4n) is 5.17. The van der Waals surface area contributed by atoms with Crippen LogP contribution in [0.1, 0.15) is 55.0 Å². The molecule has 0 spiro atoms. The van der Waals surface area contributed by atoms with Gasteiger partial charge in [-0.15, -0.1) is 0 Å². The van der Waals surface area contributed by atoms with Crippen LogP contribution in [-0.4, -0.2) is 42.4 Å². The van der Waals surface area contributed by atoms with Crippen molar-refractivity contribution in [3.63, 3.8) is 0 Å². The van der Waals surface area contributed by atoms with Crippen LogP contribution >= 0.6 is 0 Å². The number of fused-ring (bicyclic) bond motifs is 1. The average Bonchev–Trinajstić information content (AvgIpc) is 3.47. The number of nitrogens with one attached hydrogen (secondary N) is 1. The minimum Gasteiger partial charge on any atom is -0.370 e. The summed E-state index contributed by atoms with van der Waals surface area (Å²) in [5.41, 5.74) is 8.16. The highest BCUT2D eigenvalue weighted by Crippen LogP contribution is 2.34. The third-order valence-corrected chi connectivity index (χ3v) is 9.01. The van der Waals surface area contributed by atoms with Gasteiger partial charge in [-0.3, -0.25) is 4.90 Å². The van der Waals surface area contributed by atoms with E-state index in [1.807, 2.05) is 0 Å². The molecule has 3 atom stereocenters. The number of ether oxygens (including phenoxy) is 1. The number of aromatic amines is 1. The third kappa shape index (κ3) is 3.69. The van der Waals surface area contributed by atoms with Gasteiger partial charge in [-0.25, -0.2) is 8.78 Å². The van der Waals surface area contributed by atoms with Gasteiger partial charge in [0.05, 0.1) is 24.9 Å². The second-order valence-electron chi connectivity index (χ2n) is 8.84. The molecular formula is C21H27F2N4O3S+. The quantitative estimate of drug-likeness (QED) is 0.690. The second-order valence-corrected chi connectivity index (χ2v) is 10.9. The normalized spacial score (nSPS) is 27.6. The molecule has 1 saturated carbocycles. The van der Waals surface area contributed by atoms with Crippen molar-refractivity contribution >= 4 is 10.0 Å². The fourth-order valence-corrected chi connectivity index (χ4v) is 7.08. The summed E-state index contributed by atoms with van der Waals surface area (Å²) in [6.07, 6.45) is 4.90. The summed E-state index contributed by atoms with van der Waals surface area (Å²) in [5, 5.41) is 2.60. The van der Waals surface area contributed by atoms with Crippen LogP contribution in [-0.2, 0) is 27.8 Å². The number of halogens is 2. The van der Waals surface area contributed by atoms with E-state index in [1.54, 1.807) is 6.20 Å². The maximum atomic E-state index is 14.2. The molecule has 1 saturated heterocycles. The van der Waals surface area contributed by atoms with Crippen LogP contribution in [0, 0.1) is 11.6 Å². The Bertz CT molecular complexity index is 1080. The molecule has 2 aliphatic heterocycles. The predicted molar refractivity (Wildman–Crippen MR) is 108 cm³/mol. The molecule has 2 fully saturated rings. The molecule has 2 aromatic rings. The van der Waals surface area contributed by atoms with Crippen molar-refractivity contribution in [1.29, 1.82) is 0 Å². The minimum absolute atomic E-state index is 0.0297. The van der Waals surface area contributed by atoms with Crippen molar-refractivity contribution in [2.24, 2.45) is 5.73 Å². The predicted octanol–water partition coefficient (Wildman–Crippen LogP) is 1.87. The van der Waals surface area contributed by atoms with E-state index in [0.29, 0.717) is 39.0 Å². The summed E-state index contributed by atoms with van der Waals surface area (Å²) < 4.78 is 61.1. The summed E-state index contributed by atoms with van der Waals surface area (Å²) in [4.78, 5) is 2.15. The van der Waals surface area contributed by atoms with Gasteiger partial charge in [0.1, 0.15) is 23.0 Å². The zero-order valence-corrected chi connectivity index (χ0v) is 18.0. The van der Waals surface area contributed by atoms with Gasteiger partial charge in [0.15, 0.2) is 0 Å². The standard InChI is InChI=1S/C21H26F2N4O3S/c22-14-5-6-18(23)17(7-14)21-19(24)8-15(12-30-21)26-10-13-9-25-27(20(13)11-26)31(28,29)16-3-1-2-4-16/h5-7,9,15-16,19,21H,1-4,8,10-12,24H2/p+1/t15-,19+,21?/m1/s1. The van der Waals surface area contributed by atoms with E-state index in [-0.39, 0.29) is 16.9 Å². The van der Waals surface area contributed by atoms with E-state index in [2.05, 4.69) is 10.00 Å². The van der Waals surface area contributed by atoms with Gasteiger partial charge in [-0.05, 0) is 37.5 Å². The van der Waals surface area contributed by atoms with E-state index in [0.717, 1.165) is 42.3 Å². The van der Waals surface area contributed by atoms with Crippen LogP contribution in [0.4, 0.5) is 8.78 Å². The molecule has 1 aromatic carbocycles. The van der Waals surface area contributed by atoms with Gasteiger partial charge in [0.2, 0.25) is 5.69 Å². The van der Waals surface area contributed by atoms with Crippen LogP contribution in [0.25, 0.3) is 0 Å². The van der Waals surface area contributed by atoms with Gasteiger partial charge >= 0.3 is 10.0 Å². The average molecular weight is 454 g/mol. The molecule has 1 unspecified atom stereocenters. The van der Waals surface area contributed by atoms with Gasteiger partial charge in [0.25, 0.3) is 0 Å². The lowest BCUT2D eigenvalue weighted by molar-refractivity contribution is -0.585. The molecule has 31 heavy (non-hydrogen) atoms. The van der Waals surface area contributed by atoms with Crippen molar-refractivity contribution in [3.8, 4) is 0 Å². The van der Waals surface area contributed by atoms with E-state index >= 15 is 0 Å². The van der Waals surface area contributed by atoms with Crippen molar-refractivity contribution in [1.82, 2.24) is 10.00 Å². The molecule has 5 rings (SSSR count). The number of rotatable bonds is 4. The second kappa shape index (κ2) is 7.91. The van der Waals surface area contributed by atoms with Crippen LogP contribution in [0.3, 0.4) is 0 Å². The first-order valence-corrected chi connectivity index (χ1v) is 12.3. The molecule has 1 aliphatic carbocycles. The summed E-state index contributed by atoms with van der Waals surface area (Å²) in [6, 6.07) is 2.77. The minimum atomic E-state index is -3.44. The molecule has 0 radical (unpaired) electrons. The Balaban J connectivity index is 1.29. The van der Waals surface area contributed by atoms with Gasteiger partial charge in [0, 0.05) is 28.3 Å². The number of hydrogen-bond acceptors (Lipinski definition) is 5. The monoisotopic (exact) mass is 453 g/mol. The summed E-state index contributed by atoms with van der Waals surface area (Å²) >= 11 is 0. The Hall–Kier alpha value is -1.88. The van der Waals surface area contributed by atoms with Crippen molar-refractivity contribution in [2.45, 2.75) is 68.6 Å². The lowest BCUT2D eigenvalue weighted by Gasteiger charge is -2.38. The molecule has 1 aromatic heterocycles. The number of benzene rings is 1. The summed E-state index contributed by atoms with van der Waals surface area (Å²) in [6.45, 7) is 1.39. The van der Waals surface area contributed by atoms with E-state index in [4.69, 9.17) is 10.5 Å². The zero-order chi connectivity index (χ0) is 21.8. The maximum Gasteiger partial charge on any atom is 0.393 e. The highest BCUT2D eigenvalue weighted by molar-refractivity contribution is 7.85. The molecule has 3 aliphatic rings. The Kier molecular flexibility index (Phi) is 5.36. The Morgan fingerprint density at radius 2 is 1.97 bits per heavy atom. The number of aromatic nitrogens is 2. The van der Waals surface area contributed by atoms with E-state index in [9.17, 15) is 17.2 Å². The first-order valence-electron chi connectivity index (χ1n) is 10.8. The molecule has 168 valence electrons.